The Morgan fingerprint density at radius 2 is 2.36 bits per heavy atom. The van der Waals surface area contributed by atoms with Crippen molar-refractivity contribution in [3.05, 3.63) is 0 Å². The van der Waals surface area contributed by atoms with E-state index >= 15 is 0 Å². The Labute approximate surface area is 76.6 Å². The molecule has 1 unspecified atom stereocenters. The number of hydrogen-bond donors (Lipinski definition) is 1. The molecule has 2 fully saturated rings. The van der Waals surface area contributed by atoms with Gasteiger partial charge in [0.25, 0.3) is 0 Å². The van der Waals surface area contributed by atoms with Crippen LogP contribution in [0.4, 0.5) is 0 Å². The highest BCUT2D eigenvalue weighted by molar-refractivity contribution is 5.81. The van der Waals surface area contributed by atoms with E-state index in [-0.39, 0.29) is 4.90 Å². The molecule has 1 aliphatic carbocycles. The predicted octanol–water partition coefficient (Wildman–Crippen LogP) is -0.172. The Bertz CT molecular complexity index is 382. The van der Waals surface area contributed by atoms with Crippen molar-refractivity contribution in [3.8, 4) is 0 Å². The number of rotatable bonds is 1. The van der Waals surface area contributed by atoms with Crippen LogP contribution in [0.15, 0.2) is 0 Å². The molecule has 0 aromatic rings. The molecule has 1 atom stereocenters. The van der Waals surface area contributed by atoms with Crippen LogP contribution in [0.5, 0.6) is 0 Å². The normalized spacial score (nSPS) is 55.1. The van der Waals surface area contributed by atoms with Crippen molar-refractivity contribution in [1.29, 1.82) is 0 Å². The van der Waals surface area contributed by atoms with Crippen LogP contribution < -0.4 is 5.32 Å². The van der Waals surface area contributed by atoms with Gasteiger partial charge in [0.15, 0.2) is 0 Å². The first-order valence-corrected chi connectivity index (χ1v) is 3.56. The van der Waals surface area contributed by atoms with Gasteiger partial charge in [-0.1, -0.05) is 0 Å². The third-order valence-corrected chi connectivity index (χ3v) is 1.65. The third kappa shape index (κ3) is 1.53. The topological polar surface area (TPSA) is 32.3 Å². The lowest BCUT2D eigenvalue weighted by Gasteiger charge is -2.27. The molecule has 1 saturated carbocycles. The van der Waals surface area contributed by atoms with E-state index < -0.39 is 37.8 Å². The van der Waals surface area contributed by atoms with Crippen molar-refractivity contribution in [2.24, 2.45) is 5.92 Å². The van der Waals surface area contributed by atoms with Gasteiger partial charge in [0, 0.05) is 36.0 Å². The van der Waals surface area contributed by atoms with Gasteiger partial charge in [-0.25, -0.2) is 0 Å². The maximum Gasteiger partial charge on any atom is 0.225 e. The van der Waals surface area contributed by atoms with Gasteiger partial charge in [-0.05, 0) is 12.8 Å². The molecule has 0 spiro atoms. The highest BCUT2D eigenvalue weighted by Crippen LogP contribution is 2.30. The summed E-state index contributed by atoms with van der Waals surface area (Å²) in [4.78, 5) is 12.3. The second-order valence-electron chi connectivity index (χ2n) is 2.60. The molecular weight excluding hydrogens is 140 g/mol. The van der Waals surface area contributed by atoms with Crippen LogP contribution in [-0.4, -0.2) is 36.8 Å². The highest BCUT2D eigenvalue weighted by atomic mass is 16.2. The van der Waals surface area contributed by atoms with Gasteiger partial charge in [-0.2, -0.15) is 0 Å². The molecule has 1 N–H and O–H groups in total. The Balaban J connectivity index is 2.43. The average Bonchev–Trinajstić information content (AvgIpc) is 2.96. The van der Waals surface area contributed by atoms with Crippen LogP contribution in [0.2, 0.25) is 0 Å². The van der Waals surface area contributed by atoms with E-state index in [1.54, 1.807) is 0 Å². The summed E-state index contributed by atoms with van der Waals surface area (Å²) in [6, 6.07) is 0. The number of carbonyl (C=O) groups is 1. The summed E-state index contributed by atoms with van der Waals surface area (Å²) in [6.07, 6.45) is 1.11. The smallest absolute Gasteiger partial charge is 0.225 e. The van der Waals surface area contributed by atoms with E-state index in [2.05, 4.69) is 0 Å². The molecular formula is C8H14N2O. The zero-order chi connectivity index (χ0) is 13.9. The van der Waals surface area contributed by atoms with Crippen LogP contribution in [0.1, 0.15) is 22.4 Å². The molecule has 1 saturated heterocycles. The minimum atomic E-state index is -2.84. The lowest BCUT2D eigenvalue weighted by Crippen LogP contribution is -2.46. The molecule has 2 aliphatic rings. The fourth-order valence-corrected chi connectivity index (χ4v) is 0.885. The number of hydrogen-bond acceptors (Lipinski definition) is 2. The molecule has 1 heterocycles. The minimum Gasteiger partial charge on any atom is -0.340 e. The van der Waals surface area contributed by atoms with Crippen molar-refractivity contribution >= 4 is 5.91 Å². The fourth-order valence-electron chi connectivity index (χ4n) is 0.885. The molecule has 11 heavy (non-hydrogen) atoms. The number of carbonyl (C=O) groups excluding carboxylic acids is 1. The Hall–Kier alpha value is -0.570. The first kappa shape index (κ1) is 2.73. The van der Waals surface area contributed by atoms with Crippen molar-refractivity contribution in [2.45, 2.75) is 12.8 Å². The molecule has 0 bridgehead atoms. The van der Waals surface area contributed by atoms with Crippen LogP contribution in [0, 0.1) is 5.92 Å². The zero-order valence-corrected chi connectivity index (χ0v) is 5.92. The van der Waals surface area contributed by atoms with Crippen LogP contribution in [-0.2, 0) is 4.79 Å². The number of nitrogens with zero attached hydrogens (tertiary/aromatic N) is 1. The second kappa shape index (κ2) is 2.81. The molecule has 0 aromatic carbocycles. The molecule has 1 amide bonds. The van der Waals surface area contributed by atoms with Crippen molar-refractivity contribution < 1.29 is 14.4 Å². The highest BCUT2D eigenvalue weighted by Gasteiger charge is 2.33. The summed E-state index contributed by atoms with van der Waals surface area (Å²) in [5, 5.41) is 1.94. The largest absolute Gasteiger partial charge is 0.340 e. The molecule has 3 nitrogen and oxygen atoms in total. The fraction of sp³-hybridized carbons (Fsp3) is 0.875. The number of nitrogens with one attached hydrogen (secondary N) is 1. The SMILES string of the molecule is [2H]C1NC([2H])([2H])C([2H])([2H])N(C(=O)C2CC2)C1([2H])[2H]. The third-order valence-electron chi connectivity index (χ3n) is 1.65. The molecule has 2 rings (SSSR count). The Morgan fingerprint density at radius 1 is 1.55 bits per heavy atom. The predicted molar refractivity (Wildman–Crippen MR) is 42.2 cm³/mol. The summed E-state index contributed by atoms with van der Waals surface area (Å²) >= 11 is 0. The standard InChI is InChI=1S/C8H14N2O/c11-8(7-1-2-7)10-5-3-9-4-6-10/h7,9H,1-6H2/i3D,4D2,5D2,6D2. The average molecular weight is 161 g/mol. The van der Waals surface area contributed by atoms with Crippen molar-refractivity contribution in [1.82, 2.24) is 10.2 Å². The van der Waals surface area contributed by atoms with Gasteiger partial charge in [0.2, 0.25) is 5.91 Å². The first-order valence-electron chi connectivity index (χ1n) is 7.13. The summed E-state index contributed by atoms with van der Waals surface area (Å²) in [5.74, 6) is -1.20. The van der Waals surface area contributed by atoms with Crippen molar-refractivity contribution in [3.63, 3.8) is 0 Å². The lowest BCUT2D eigenvalue weighted by molar-refractivity contribution is -0.133. The molecule has 0 radical (unpaired) electrons. The summed E-state index contributed by atoms with van der Waals surface area (Å²) in [5.41, 5.74) is 0. The number of piperazine rings is 1. The van der Waals surface area contributed by atoms with Gasteiger partial charge in [0.05, 0.1) is 5.48 Å². The van der Waals surface area contributed by atoms with Crippen LogP contribution in [0.25, 0.3) is 0 Å². The monoisotopic (exact) mass is 161 g/mol. The van der Waals surface area contributed by atoms with Crippen LogP contribution >= 0.6 is 0 Å². The molecule has 62 valence electrons. The van der Waals surface area contributed by atoms with Gasteiger partial charge in [-0.3, -0.25) is 4.79 Å². The quantitative estimate of drug-likeness (QED) is 0.579. The maximum absolute atomic E-state index is 12.0. The van der Waals surface area contributed by atoms with Crippen molar-refractivity contribution in [2.75, 3.05) is 26.0 Å². The van der Waals surface area contributed by atoms with E-state index in [0.29, 0.717) is 12.8 Å². The maximum atomic E-state index is 12.0. The summed E-state index contributed by atoms with van der Waals surface area (Å²) in [6.45, 7) is -9.84. The summed E-state index contributed by atoms with van der Waals surface area (Å²) < 4.78 is 53.3. The van der Waals surface area contributed by atoms with E-state index in [0.717, 1.165) is 0 Å². The van der Waals surface area contributed by atoms with E-state index in [9.17, 15) is 4.79 Å². The van der Waals surface area contributed by atoms with Crippen LogP contribution in [0.3, 0.4) is 0 Å². The molecule has 0 aromatic heterocycles. The van der Waals surface area contributed by atoms with E-state index in [1.807, 2.05) is 5.32 Å². The summed E-state index contributed by atoms with van der Waals surface area (Å²) in [7, 11) is 0. The van der Waals surface area contributed by atoms with Gasteiger partial charge in [-0.15, -0.1) is 0 Å². The number of amides is 1. The van der Waals surface area contributed by atoms with E-state index in [1.165, 1.54) is 0 Å². The molecule has 3 heteroatoms. The Kier molecular flexibility index (Phi) is 0.699. The zero-order valence-electron chi connectivity index (χ0n) is 12.9. The second-order valence-corrected chi connectivity index (χ2v) is 2.60. The Morgan fingerprint density at radius 3 is 3.09 bits per heavy atom. The van der Waals surface area contributed by atoms with Gasteiger partial charge in [0.1, 0.15) is 0 Å². The van der Waals surface area contributed by atoms with Gasteiger partial charge >= 0.3 is 0 Å². The minimum absolute atomic E-state index is 0.270. The lowest BCUT2D eigenvalue weighted by atomic mass is 10.3. The molecule has 1 aliphatic heterocycles. The van der Waals surface area contributed by atoms with E-state index in [4.69, 9.17) is 9.60 Å². The first-order chi connectivity index (χ1) is 8.02. The van der Waals surface area contributed by atoms with Gasteiger partial charge < -0.3 is 10.2 Å².